The highest BCUT2D eigenvalue weighted by atomic mass is 35.5. The summed E-state index contributed by atoms with van der Waals surface area (Å²) in [5, 5.41) is 16.0. The number of carbonyl (C=O) groups is 1. The van der Waals surface area contributed by atoms with Crippen molar-refractivity contribution in [2.75, 3.05) is 0 Å². The van der Waals surface area contributed by atoms with Gasteiger partial charge in [0.25, 0.3) is 5.91 Å². The maximum Gasteiger partial charge on any atom is 0.387 e. The molecule has 0 fully saturated rings. The molecule has 0 bridgehead atoms. The Morgan fingerprint density at radius 2 is 1.74 bits per heavy atom. The topological polar surface area (TPSA) is 62.1 Å². The monoisotopic (exact) mass is 460 g/mol. The van der Waals surface area contributed by atoms with Crippen molar-refractivity contribution in [2.24, 2.45) is 5.10 Å². The van der Waals surface area contributed by atoms with E-state index in [1.807, 2.05) is 0 Å². The van der Waals surface area contributed by atoms with Gasteiger partial charge in [0.05, 0.1) is 5.56 Å². The number of benzene rings is 3. The molecular weight excluding hydrogens is 446 g/mol. The first-order valence-corrected chi connectivity index (χ1v) is 10.4. The van der Waals surface area contributed by atoms with Gasteiger partial charge in [-0.25, -0.2) is 5.01 Å². The Labute approximate surface area is 185 Å². The second-order valence-corrected chi connectivity index (χ2v) is 7.97. The molecule has 4 rings (SSSR count). The second-order valence-electron chi connectivity index (χ2n) is 6.47. The lowest BCUT2D eigenvalue weighted by Crippen LogP contribution is -2.26. The third kappa shape index (κ3) is 4.50. The lowest BCUT2D eigenvalue weighted by atomic mass is 10.1. The van der Waals surface area contributed by atoms with Crippen molar-refractivity contribution in [3.05, 3.63) is 94.5 Å². The van der Waals surface area contributed by atoms with E-state index in [4.69, 9.17) is 11.6 Å². The number of alkyl halides is 2. The smallest absolute Gasteiger partial charge is 0.387 e. The Bertz CT molecular complexity index is 1140. The highest BCUT2D eigenvalue weighted by molar-refractivity contribution is 8.14. The van der Waals surface area contributed by atoms with Crippen LogP contribution < -0.4 is 4.74 Å². The van der Waals surface area contributed by atoms with E-state index >= 15 is 0 Å². The van der Waals surface area contributed by atoms with Crippen molar-refractivity contribution in [3.63, 3.8) is 0 Å². The number of ether oxygens (including phenoxy) is 1. The standard InChI is InChI=1S/C22H15ClF2N2O3S/c23-14-11-9-13(10-12-14)19-26-27(20(29)15-5-1-3-7-17(15)28)21(31-19)16-6-2-4-8-18(16)30-22(24)25/h1-12,21-22,28H. The Morgan fingerprint density at radius 3 is 2.45 bits per heavy atom. The van der Waals surface area contributed by atoms with Gasteiger partial charge in [0, 0.05) is 16.1 Å². The van der Waals surface area contributed by atoms with Crippen LogP contribution in [0.3, 0.4) is 0 Å². The number of hydrogen-bond acceptors (Lipinski definition) is 5. The van der Waals surface area contributed by atoms with Gasteiger partial charge in [-0.2, -0.15) is 13.9 Å². The minimum absolute atomic E-state index is 0.0430. The first-order valence-electron chi connectivity index (χ1n) is 9.10. The number of rotatable bonds is 5. The van der Waals surface area contributed by atoms with Gasteiger partial charge in [-0.15, -0.1) is 0 Å². The Morgan fingerprint density at radius 1 is 1.06 bits per heavy atom. The molecule has 0 aliphatic carbocycles. The predicted molar refractivity (Wildman–Crippen MR) is 116 cm³/mol. The average Bonchev–Trinajstić information content (AvgIpc) is 3.19. The molecule has 1 heterocycles. The molecule has 0 spiro atoms. The van der Waals surface area contributed by atoms with Crippen LogP contribution in [0.1, 0.15) is 26.9 Å². The summed E-state index contributed by atoms with van der Waals surface area (Å²) in [7, 11) is 0. The van der Waals surface area contributed by atoms with Crippen LogP contribution in [-0.4, -0.2) is 27.7 Å². The van der Waals surface area contributed by atoms with Crippen LogP contribution in [0.4, 0.5) is 8.78 Å². The fourth-order valence-corrected chi connectivity index (χ4v) is 4.37. The number of halogens is 3. The number of hydrogen-bond donors (Lipinski definition) is 1. The van der Waals surface area contributed by atoms with Gasteiger partial charge in [0.15, 0.2) is 0 Å². The number of thioether (sulfide) groups is 1. The molecule has 0 saturated carbocycles. The van der Waals surface area contributed by atoms with Gasteiger partial charge in [-0.3, -0.25) is 4.79 Å². The summed E-state index contributed by atoms with van der Waals surface area (Å²) < 4.78 is 30.6. The third-order valence-corrected chi connectivity index (χ3v) is 5.95. The largest absolute Gasteiger partial charge is 0.507 e. The van der Waals surface area contributed by atoms with E-state index < -0.39 is 17.9 Å². The van der Waals surface area contributed by atoms with Gasteiger partial charge >= 0.3 is 6.61 Å². The molecule has 1 aliphatic rings. The molecule has 158 valence electrons. The van der Waals surface area contributed by atoms with Crippen molar-refractivity contribution in [2.45, 2.75) is 12.0 Å². The highest BCUT2D eigenvalue weighted by Crippen LogP contribution is 2.45. The number of phenolic OH excluding ortho intramolecular Hbond substituents is 1. The van der Waals surface area contributed by atoms with E-state index in [2.05, 4.69) is 9.84 Å². The minimum atomic E-state index is -3.02. The number of carbonyl (C=O) groups excluding carboxylic acids is 1. The number of hydrazone groups is 1. The van der Waals surface area contributed by atoms with E-state index in [1.54, 1.807) is 54.6 Å². The lowest BCUT2D eigenvalue weighted by molar-refractivity contribution is -0.0507. The quantitative estimate of drug-likeness (QED) is 0.515. The molecule has 3 aromatic rings. The fourth-order valence-electron chi connectivity index (χ4n) is 3.06. The van der Waals surface area contributed by atoms with Crippen LogP contribution in [0, 0.1) is 0 Å². The Balaban J connectivity index is 1.78. The normalized spacial score (nSPS) is 15.8. The molecule has 1 unspecified atom stereocenters. The van der Waals surface area contributed by atoms with Crippen molar-refractivity contribution >= 4 is 34.3 Å². The van der Waals surface area contributed by atoms with Crippen LogP contribution in [-0.2, 0) is 0 Å². The lowest BCUT2D eigenvalue weighted by Gasteiger charge is -2.23. The van der Waals surface area contributed by atoms with Crippen LogP contribution in [0.25, 0.3) is 0 Å². The van der Waals surface area contributed by atoms with Gasteiger partial charge in [0.2, 0.25) is 0 Å². The van der Waals surface area contributed by atoms with E-state index in [0.29, 0.717) is 21.2 Å². The van der Waals surface area contributed by atoms with Gasteiger partial charge in [-0.05, 0) is 30.3 Å². The first-order chi connectivity index (χ1) is 14.9. The maximum atomic E-state index is 13.3. The van der Waals surface area contributed by atoms with E-state index in [9.17, 15) is 18.7 Å². The highest BCUT2D eigenvalue weighted by Gasteiger charge is 2.37. The minimum Gasteiger partial charge on any atom is -0.507 e. The molecule has 1 amide bonds. The molecular formula is C22H15ClF2N2O3S. The zero-order valence-corrected chi connectivity index (χ0v) is 17.4. The maximum absolute atomic E-state index is 13.3. The third-order valence-electron chi connectivity index (χ3n) is 4.48. The molecule has 0 aromatic heterocycles. The second kappa shape index (κ2) is 8.95. The first kappa shape index (κ1) is 21.1. The van der Waals surface area contributed by atoms with E-state index in [-0.39, 0.29) is 17.1 Å². The SMILES string of the molecule is O=C(c1ccccc1O)N1N=C(c2ccc(Cl)cc2)SC1c1ccccc1OC(F)F. The van der Waals surface area contributed by atoms with Gasteiger partial charge in [0.1, 0.15) is 21.9 Å². The van der Waals surface area contributed by atoms with Gasteiger partial charge in [-0.1, -0.05) is 65.8 Å². The zero-order valence-electron chi connectivity index (χ0n) is 15.8. The van der Waals surface area contributed by atoms with Crippen LogP contribution in [0.2, 0.25) is 5.02 Å². The van der Waals surface area contributed by atoms with E-state index in [0.717, 1.165) is 5.01 Å². The number of amides is 1. The summed E-state index contributed by atoms with van der Waals surface area (Å²) in [4.78, 5) is 13.3. The van der Waals surface area contributed by atoms with Crippen molar-refractivity contribution in [1.82, 2.24) is 5.01 Å². The predicted octanol–water partition coefficient (Wildman–Crippen LogP) is 5.90. The summed E-state index contributed by atoms with van der Waals surface area (Å²) in [6, 6.07) is 19.2. The van der Waals surface area contributed by atoms with Gasteiger partial charge < -0.3 is 9.84 Å². The van der Waals surface area contributed by atoms with Crippen molar-refractivity contribution < 1.29 is 23.4 Å². The van der Waals surface area contributed by atoms with Crippen LogP contribution in [0.15, 0.2) is 77.9 Å². The van der Waals surface area contributed by atoms with E-state index in [1.165, 1.54) is 30.0 Å². The summed E-state index contributed by atoms with van der Waals surface area (Å²) >= 11 is 7.17. The molecule has 31 heavy (non-hydrogen) atoms. The molecule has 0 saturated heterocycles. The summed E-state index contributed by atoms with van der Waals surface area (Å²) in [5.74, 6) is -0.840. The molecule has 0 radical (unpaired) electrons. The number of nitrogens with zero attached hydrogens (tertiary/aromatic N) is 2. The van der Waals surface area contributed by atoms with Crippen LogP contribution in [0.5, 0.6) is 11.5 Å². The van der Waals surface area contributed by atoms with Crippen molar-refractivity contribution in [3.8, 4) is 11.5 Å². The Kier molecular flexibility index (Phi) is 6.11. The number of phenols is 1. The molecule has 1 N–H and O–H groups in total. The summed E-state index contributed by atoms with van der Waals surface area (Å²) in [5.41, 5.74) is 1.10. The molecule has 3 aromatic carbocycles. The zero-order chi connectivity index (χ0) is 22.0. The molecule has 1 aliphatic heterocycles. The van der Waals surface area contributed by atoms with Crippen LogP contribution >= 0.6 is 23.4 Å². The molecule has 9 heteroatoms. The fraction of sp³-hybridized carbons (Fsp3) is 0.0909. The summed E-state index contributed by atoms with van der Waals surface area (Å²) in [6.07, 6.45) is 0. The van der Waals surface area contributed by atoms with Crippen molar-refractivity contribution in [1.29, 1.82) is 0 Å². The number of para-hydroxylation sites is 2. The Hall–Kier alpha value is -3.10. The number of aromatic hydroxyl groups is 1. The molecule has 1 atom stereocenters. The average molecular weight is 461 g/mol. The molecule has 5 nitrogen and oxygen atoms in total. The summed E-state index contributed by atoms with van der Waals surface area (Å²) in [6.45, 7) is -3.02.